The second kappa shape index (κ2) is 10.1. The summed E-state index contributed by atoms with van der Waals surface area (Å²) in [6.45, 7) is 6.58. The molecular formula is C18H26N2O4. The lowest BCUT2D eigenvalue weighted by atomic mass is 10.1. The molecule has 1 heterocycles. The van der Waals surface area contributed by atoms with Crippen LogP contribution in [-0.2, 0) is 14.2 Å². The van der Waals surface area contributed by atoms with Crippen LogP contribution in [0.15, 0.2) is 29.3 Å². The van der Waals surface area contributed by atoms with Gasteiger partial charge in [-0.3, -0.25) is 10.1 Å². The number of aryl methyl sites for hydroxylation is 1. The monoisotopic (exact) mass is 334 g/mol. The van der Waals surface area contributed by atoms with Gasteiger partial charge in [-0.2, -0.15) is 0 Å². The first-order valence-corrected chi connectivity index (χ1v) is 8.43. The van der Waals surface area contributed by atoms with Crippen LogP contribution in [0, 0.1) is 6.92 Å². The van der Waals surface area contributed by atoms with Crippen molar-refractivity contribution in [1.29, 1.82) is 0 Å². The van der Waals surface area contributed by atoms with Gasteiger partial charge in [0, 0.05) is 18.8 Å². The molecule has 1 aromatic carbocycles. The third-order valence-electron chi connectivity index (χ3n) is 3.67. The number of hydrogen-bond donors (Lipinski definition) is 1. The summed E-state index contributed by atoms with van der Waals surface area (Å²) in [6.07, 6.45) is 2.14. The molecule has 2 rings (SSSR count). The van der Waals surface area contributed by atoms with Crippen molar-refractivity contribution in [3.05, 3.63) is 35.4 Å². The predicted molar refractivity (Wildman–Crippen MR) is 92.4 cm³/mol. The fourth-order valence-corrected chi connectivity index (χ4v) is 2.31. The summed E-state index contributed by atoms with van der Waals surface area (Å²) in [4.78, 5) is 16.7. The average Bonchev–Trinajstić information content (AvgIpc) is 3.10. The maximum atomic E-state index is 12.3. The number of carbonyl (C=O) groups excluding carboxylic acids is 1. The highest BCUT2D eigenvalue weighted by atomic mass is 16.5. The lowest BCUT2D eigenvalue weighted by Crippen LogP contribution is -2.34. The number of hydrogen-bond acceptors (Lipinski definition) is 5. The van der Waals surface area contributed by atoms with Gasteiger partial charge in [-0.1, -0.05) is 17.7 Å². The Kier molecular flexibility index (Phi) is 7.71. The van der Waals surface area contributed by atoms with Crippen LogP contribution in [0.4, 0.5) is 0 Å². The van der Waals surface area contributed by atoms with E-state index in [-0.39, 0.29) is 18.0 Å². The molecule has 6 nitrogen and oxygen atoms in total. The molecule has 132 valence electrons. The van der Waals surface area contributed by atoms with E-state index in [1.54, 1.807) is 12.1 Å². The van der Waals surface area contributed by atoms with Gasteiger partial charge in [0.2, 0.25) is 0 Å². The van der Waals surface area contributed by atoms with Crippen LogP contribution in [0.5, 0.6) is 0 Å². The number of aliphatic imine (C=N–C) groups is 1. The van der Waals surface area contributed by atoms with Gasteiger partial charge in [0.1, 0.15) is 6.61 Å². The van der Waals surface area contributed by atoms with Gasteiger partial charge in [-0.05, 0) is 38.8 Å². The SMILES string of the molecule is CCOCCOC(=NCC1CCCO1)NC(=O)c1ccc(C)cc1. The Bertz CT molecular complexity index is 536. The summed E-state index contributed by atoms with van der Waals surface area (Å²) >= 11 is 0. The van der Waals surface area contributed by atoms with Crippen molar-refractivity contribution in [2.75, 3.05) is 33.0 Å². The molecule has 1 N–H and O–H groups in total. The molecule has 1 amide bonds. The number of benzene rings is 1. The van der Waals surface area contributed by atoms with E-state index in [0.717, 1.165) is 25.0 Å². The van der Waals surface area contributed by atoms with Crippen LogP contribution in [-0.4, -0.2) is 51.0 Å². The molecule has 1 unspecified atom stereocenters. The number of nitrogens with zero attached hydrogens (tertiary/aromatic N) is 1. The number of amides is 1. The molecule has 0 radical (unpaired) electrons. The molecule has 0 spiro atoms. The number of carbonyl (C=O) groups is 1. The lowest BCUT2D eigenvalue weighted by Gasteiger charge is -2.12. The molecule has 1 atom stereocenters. The van der Waals surface area contributed by atoms with Crippen molar-refractivity contribution in [2.24, 2.45) is 4.99 Å². The molecule has 24 heavy (non-hydrogen) atoms. The van der Waals surface area contributed by atoms with E-state index in [0.29, 0.717) is 31.9 Å². The quantitative estimate of drug-likeness (QED) is 0.472. The Hall–Kier alpha value is -1.92. The van der Waals surface area contributed by atoms with Crippen molar-refractivity contribution in [3.63, 3.8) is 0 Å². The van der Waals surface area contributed by atoms with E-state index >= 15 is 0 Å². The van der Waals surface area contributed by atoms with E-state index in [1.807, 2.05) is 26.0 Å². The van der Waals surface area contributed by atoms with Crippen molar-refractivity contribution in [2.45, 2.75) is 32.8 Å². The van der Waals surface area contributed by atoms with Crippen LogP contribution in [0.3, 0.4) is 0 Å². The summed E-state index contributed by atoms with van der Waals surface area (Å²) < 4.78 is 16.4. The number of amidine groups is 1. The van der Waals surface area contributed by atoms with Gasteiger partial charge in [0.05, 0.1) is 19.3 Å². The smallest absolute Gasteiger partial charge is 0.291 e. The molecular weight excluding hydrogens is 308 g/mol. The van der Waals surface area contributed by atoms with Crippen molar-refractivity contribution < 1.29 is 19.0 Å². The third kappa shape index (κ3) is 6.29. The fourth-order valence-electron chi connectivity index (χ4n) is 2.31. The zero-order chi connectivity index (χ0) is 17.2. The molecule has 0 saturated carbocycles. The Labute approximate surface area is 143 Å². The Morgan fingerprint density at radius 1 is 1.33 bits per heavy atom. The topological polar surface area (TPSA) is 69.2 Å². The molecule has 1 fully saturated rings. The van der Waals surface area contributed by atoms with E-state index in [2.05, 4.69) is 10.3 Å². The summed E-state index contributed by atoms with van der Waals surface area (Å²) in [7, 11) is 0. The zero-order valence-electron chi connectivity index (χ0n) is 14.4. The largest absolute Gasteiger partial charge is 0.463 e. The second-order valence-electron chi connectivity index (χ2n) is 5.65. The molecule has 6 heteroatoms. The van der Waals surface area contributed by atoms with E-state index in [9.17, 15) is 4.79 Å². The van der Waals surface area contributed by atoms with Crippen LogP contribution < -0.4 is 5.32 Å². The first-order chi connectivity index (χ1) is 11.7. The molecule has 1 saturated heterocycles. The molecule has 1 aliphatic rings. The van der Waals surface area contributed by atoms with Gasteiger partial charge in [-0.15, -0.1) is 0 Å². The zero-order valence-corrected chi connectivity index (χ0v) is 14.4. The summed E-state index contributed by atoms with van der Waals surface area (Å²) in [5, 5.41) is 2.73. The minimum Gasteiger partial charge on any atom is -0.463 e. The third-order valence-corrected chi connectivity index (χ3v) is 3.67. The minimum atomic E-state index is -0.238. The predicted octanol–water partition coefficient (Wildman–Crippen LogP) is 2.31. The van der Waals surface area contributed by atoms with Crippen LogP contribution >= 0.6 is 0 Å². The summed E-state index contributed by atoms with van der Waals surface area (Å²) in [6, 6.07) is 7.57. The number of nitrogens with one attached hydrogen (secondary N) is 1. The molecule has 0 aliphatic carbocycles. The van der Waals surface area contributed by atoms with Gasteiger partial charge >= 0.3 is 0 Å². The molecule has 1 aliphatic heterocycles. The van der Waals surface area contributed by atoms with Gasteiger partial charge < -0.3 is 14.2 Å². The Balaban J connectivity index is 1.93. The Morgan fingerprint density at radius 2 is 2.12 bits per heavy atom. The minimum absolute atomic E-state index is 0.103. The maximum absolute atomic E-state index is 12.3. The highest BCUT2D eigenvalue weighted by Gasteiger charge is 2.16. The number of ether oxygens (including phenoxy) is 3. The van der Waals surface area contributed by atoms with Crippen molar-refractivity contribution in [1.82, 2.24) is 5.32 Å². The van der Waals surface area contributed by atoms with Gasteiger partial charge in [-0.25, -0.2) is 4.99 Å². The summed E-state index contributed by atoms with van der Waals surface area (Å²) in [5.41, 5.74) is 1.67. The average molecular weight is 334 g/mol. The standard InChI is InChI=1S/C18H26N2O4/c1-3-22-11-12-24-18(19-13-16-5-4-10-23-16)20-17(21)15-8-6-14(2)7-9-15/h6-9,16H,3-5,10-13H2,1-2H3,(H,19,20,21). The first-order valence-electron chi connectivity index (χ1n) is 8.43. The van der Waals surface area contributed by atoms with E-state index < -0.39 is 0 Å². The first kappa shape index (κ1) is 18.4. The highest BCUT2D eigenvalue weighted by Crippen LogP contribution is 2.12. The lowest BCUT2D eigenvalue weighted by molar-refractivity contribution is 0.0913. The normalized spacial score (nSPS) is 17.8. The van der Waals surface area contributed by atoms with Crippen LogP contribution in [0.25, 0.3) is 0 Å². The van der Waals surface area contributed by atoms with Crippen LogP contribution in [0.2, 0.25) is 0 Å². The second-order valence-corrected chi connectivity index (χ2v) is 5.65. The van der Waals surface area contributed by atoms with Crippen molar-refractivity contribution in [3.8, 4) is 0 Å². The van der Waals surface area contributed by atoms with Crippen molar-refractivity contribution >= 4 is 11.9 Å². The molecule has 0 bridgehead atoms. The molecule has 1 aromatic rings. The van der Waals surface area contributed by atoms with Gasteiger partial charge in [0.15, 0.2) is 0 Å². The Morgan fingerprint density at radius 3 is 2.79 bits per heavy atom. The number of rotatable bonds is 7. The summed E-state index contributed by atoms with van der Waals surface area (Å²) in [5.74, 6) is -0.238. The maximum Gasteiger partial charge on any atom is 0.291 e. The highest BCUT2D eigenvalue weighted by molar-refractivity contribution is 6.04. The van der Waals surface area contributed by atoms with E-state index in [4.69, 9.17) is 14.2 Å². The van der Waals surface area contributed by atoms with E-state index in [1.165, 1.54) is 0 Å². The van der Waals surface area contributed by atoms with Gasteiger partial charge in [0.25, 0.3) is 11.9 Å². The fraction of sp³-hybridized carbons (Fsp3) is 0.556. The molecule has 0 aromatic heterocycles. The van der Waals surface area contributed by atoms with Crippen LogP contribution in [0.1, 0.15) is 35.7 Å².